The van der Waals surface area contributed by atoms with Crippen LogP contribution in [0.4, 0.5) is 0 Å². The van der Waals surface area contributed by atoms with E-state index in [2.05, 4.69) is 26.1 Å². The average molecular weight is 501 g/mol. The second kappa shape index (κ2) is 14.2. The lowest BCUT2D eigenvalue weighted by Gasteiger charge is -2.31. The van der Waals surface area contributed by atoms with Crippen LogP contribution in [0.25, 0.3) is 0 Å². The molecule has 0 saturated heterocycles. The van der Waals surface area contributed by atoms with Crippen molar-refractivity contribution in [1.82, 2.24) is 10.2 Å². The molecule has 3 aromatic rings. The monoisotopic (exact) mass is 500 g/mol. The minimum absolute atomic E-state index is 0.138. The maximum atomic E-state index is 13.7. The molecule has 5 nitrogen and oxygen atoms in total. The standard InChI is InChI=1S/C32H40N2O3/c1-5-6-20-33-32(36)30(21-26-10-8-7-9-11-26)34(22-27-14-12-25(4)13-15-27)31(35)23-37-29-18-16-28(17-19-29)24(2)3/h7-19,24,30H,5-6,20-23H2,1-4H3,(H,33,36)/t30-/m0/s1. The highest BCUT2D eigenvalue weighted by molar-refractivity contribution is 5.88. The highest BCUT2D eigenvalue weighted by Gasteiger charge is 2.30. The van der Waals surface area contributed by atoms with Gasteiger partial charge in [0.05, 0.1) is 0 Å². The van der Waals surface area contributed by atoms with E-state index in [-0.39, 0.29) is 18.4 Å². The summed E-state index contributed by atoms with van der Waals surface area (Å²) in [5, 5.41) is 3.05. The van der Waals surface area contributed by atoms with Crippen molar-refractivity contribution in [2.75, 3.05) is 13.2 Å². The first-order valence-electron chi connectivity index (χ1n) is 13.3. The molecule has 0 aliphatic carbocycles. The summed E-state index contributed by atoms with van der Waals surface area (Å²) in [5.41, 5.74) is 4.34. The number of hydrogen-bond acceptors (Lipinski definition) is 3. The quantitative estimate of drug-likeness (QED) is 0.291. The molecule has 0 spiro atoms. The van der Waals surface area contributed by atoms with Crippen LogP contribution in [0.15, 0.2) is 78.9 Å². The number of rotatable bonds is 13. The summed E-state index contributed by atoms with van der Waals surface area (Å²) in [6.45, 7) is 9.18. The molecule has 1 N–H and O–H groups in total. The second-order valence-electron chi connectivity index (χ2n) is 9.87. The SMILES string of the molecule is CCCCNC(=O)[C@H](Cc1ccccc1)N(Cc1ccc(C)cc1)C(=O)COc1ccc(C(C)C)cc1. The number of benzene rings is 3. The van der Waals surface area contributed by atoms with Crippen LogP contribution in [-0.4, -0.2) is 35.9 Å². The number of hydrogen-bond donors (Lipinski definition) is 1. The molecule has 2 amide bonds. The van der Waals surface area contributed by atoms with Crippen molar-refractivity contribution in [3.63, 3.8) is 0 Å². The van der Waals surface area contributed by atoms with E-state index in [1.54, 1.807) is 4.90 Å². The molecule has 0 aromatic heterocycles. The molecule has 0 bridgehead atoms. The highest BCUT2D eigenvalue weighted by atomic mass is 16.5. The Balaban J connectivity index is 1.85. The van der Waals surface area contributed by atoms with Gasteiger partial charge in [-0.1, -0.05) is 99.5 Å². The van der Waals surface area contributed by atoms with Crippen molar-refractivity contribution < 1.29 is 14.3 Å². The summed E-state index contributed by atoms with van der Waals surface area (Å²) in [6, 6.07) is 25.1. The Hall–Kier alpha value is -3.60. The molecule has 0 aliphatic rings. The molecular weight excluding hydrogens is 460 g/mol. The Morgan fingerprint density at radius 1 is 0.892 bits per heavy atom. The number of carbonyl (C=O) groups is 2. The van der Waals surface area contributed by atoms with Crippen molar-refractivity contribution in [2.24, 2.45) is 0 Å². The van der Waals surface area contributed by atoms with Gasteiger partial charge in [-0.3, -0.25) is 9.59 Å². The summed E-state index contributed by atoms with van der Waals surface area (Å²) in [7, 11) is 0. The summed E-state index contributed by atoms with van der Waals surface area (Å²) in [6.07, 6.45) is 2.31. The van der Waals surface area contributed by atoms with Crippen LogP contribution in [0.5, 0.6) is 5.75 Å². The average Bonchev–Trinajstić information content (AvgIpc) is 2.91. The Labute approximate surface area is 221 Å². The van der Waals surface area contributed by atoms with Crippen molar-refractivity contribution >= 4 is 11.8 Å². The highest BCUT2D eigenvalue weighted by Crippen LogP contribution is 2.20. The second-order valence-corrected chi connectivity index (χ2v) is 9.87. The summed E-state index contributed by atoms with van der Waals surface area (Å²) < 4.78 is 5.90. The Morgan fingerprint density at radius 2 is 1.57 bits per heavy atom. The molecular formula is C32H40N2O3. The lowest BCUT2D eigenvalue weighted by Crippen LogP contribution is -2.51. The van der Waals surface area contributed by atoms with Crippen molar-refractivity contribution in [2.45, 2.75) is 65.5 Å². The van der Waals surface area contributed by atoms with Gasteiger partial charge in [-0.25, -0.2) is 0 Å². The number of unbranched alkanes of at least 4 members (excludes halogenated alkanes) is 1. The van der Waals surface area contributed by atoms with E-state index in [1.807, 2.05) is 85.8 Å². The first kappa shape index (κ1) is 28.0. The lowest BCUT2D eigenvalue weighted by atomic mass is 10.0. The Morgan fingerprint density at radius 3 is 2.19 bits per heavy atom. The van der Waals surface area contributed by atoms with E-state index in [9.17, 15) is 9.59 Å². The molecule has 3 aromatic carbocycles. The molecule has 3 rings (SSSR count). The zero-order valence-corrected chi connectivity index (χ0v) is 22.6. The van der Waals surface area contributed by atoms with E-state index in [1.165, 1.54) is 5.56 Å². The predicted molar refractivity (Wildman–Crippen MR) is 150 cm³/mol. The van der Waals surface area contributed by atoms with E-state index < -0.39 is 6.04 Å². The van der Waals surface area contributed by atoms with Gasteiger partial charge in [0.15, 0.2) is 6.61 Å². The normalized spacial score (nSPS) is 11.7. The number of nitrogens with one attached hydrogen (secondary N) is 1. The topological polar surface area (TPSA) is 58.6 Å². The Bertz CT molecular complexity index is 1110. The first-order valence-corrected chi connectivity index (χ1v) is 13.3. The molecule has 0 radical (unpaired) electrons. The summed E-state index contributed by atoms with van der Waals surface area (Å²) in [5.74, 6) is 0.699. The van der Waals surface area contributed by atoms with E-state index in [0.29, 0.717) is 31.2 Å². The van der Waals surface area contributed by atoms with Gasteiger partial charge >= 0.3 is 0 Å². The third-order valence-corrected chi connectivity index (χ3v) is 6.48. The predicted octanol–water partition coefficient (Wildman–Crippen LogP) is 6.05. The smallest absolute Gasteiger partial charge is 0.261 e. The molecule has 0 aliphatic heterocycles. The van der Waals surface area contributed by atoms with Gasteiger partial charge in [0.25, 0.3) is 5.91 Å². The molecule has 0 saturated carbocycles. The summed E-state index contributed by atoms with van der Waals surface area (Å²) in [4.78, 5) is 28.8. The number of amides is 2. The van der Waals surface area contributed by atoms with Crippen LogP contribution in [0.3, 0.4) is 0 Å². The third-order valence-electron chi connectivity index (χ3n) is 6.48. The van der Waals surface area contributed by atoms with Gasteiger partial charge in [0.2, 0.25) is 5.91 Å². The van der Waals surface area contributed by atoms with Gasteiger partial charge < -0.3 is 15.0 Å². The molecule has 37 heavy (non-hydrogen) atoms. The zero-order chi connectivity index (χ0) is 26.6. The van der Waals surface area contributed by atoms with Crippen LogP contribution in [0.1, 0.15) is 61.8 Å². The molecule has 196 valence electrons. The van der Waals surface area contributed by atoms with Crippen LogP contribution in [0, 0.1) is 6.92 Å². The molecule has 0 heterocycles. The lowest BCUT2D eigenvalue weighted by molar-refractivity contribution is -0.142. The maximum absolute atomic E-state index is 13.7. The molecule has 1 atom stereocenters. The van der Waals surface area contributed by atoms with Crippen LogP contribution in [0.2, 0.25) is 0 Å². The minimum atomic E-state index is -0.653. The first-order chi connectivity index (χ1) is 17.9. The number of aryl methyl sites for hydroxylation is 1. The number of carbonyl (C=O) groups excluding carboxylic acids is 2. The van der Waals surface area contributed by atoms with E-state index in [0.717, 1.165) is 29.5 Å². The van der Waals surface area contributed by atoms with Gasteiger partial charge in [0, 0.05) is 19.5 Å². The number of ether oxygens (including phenoxy) is 1. The fraction of sp³-hybridized carbons (Fsp3) is 0.375. The van der Waals surface area contributed by atoms with Gasteiger partial charge in [-0.2, -0.15) is 0 Å². The van der Waals surface area contributed by atoms with Gasteiger partial charge in [0.1, 0.15) is 11.8 Å². The van der Waals surface area contributed by atoms with Crippen molar-refractivity contribution in [3.05, 3.63) is 101 Å². The fourth-order valence-corrected chi connectivity index (χ4v) is 4.13. The molecule has 0 fully saturated rings. The maximum Gasteiger partial charge on any atom is 0.261 e. The van der Waals surface area contributed by atoms with Gasteiger partial charge in [-0.05, 0) is 48.1 Å². The van der Waals surface area contributed by atoms with E-state index >= 15 is 0 Å². The fourth-order valence-electron chi connectivity index (χ4n) is 4.13. The minimum Gasteiger partial charge on any atom is -0.484 e. The van der Waals surface area contributed by atoms with Crippen LogP contribution in [-0.2, 0) is 22.6 Å². The van der Waals surface area contributed by atoms with Gasteiger partial charge in [-0.15, -0.1) is 0 Å². The third kappa shape index (κ3) is 8.78. The van der Waals surface area contributed by atoms with E-state index in [4.69, 9.17) is 4.74 Å². The zero-order valence-electron chi connectivity index (χ0n) is 22.6. The number of nitrogens with zero attached hydrogens (tertiary/aromatic N) is 1. The molecule has 5 heteroatoms. The largest absolute Gasteiger partial charge is 0.484 e. The van der Waals surface area contributed by atoms with Crippen LogP contribution >= 0.6 is 0 Å². The van der Waals surface area contributed by atoms with Crippen molar-refractivity contribution in [3.8, 4) is 5.75 Å². The van der Waals surface area contributed by atoms with Crippen molar-refractivity contribution in [1.29, 1.82) is 0 Å². The van der Waals surface area contributed by atoms with Crippen LogP contribution < -0.4 is 10.1 Å². The molecule has 0 unspecified atom stereocenters. The Kier molecular flexibility index (Phi) is 10.8. The summed E-state index contributed by atoms with van der Waals surface area (Å²) >= 11 is 0.